The van der Waals surface area contributed by atoms with E-state index in [1.54, 1.807) is 6.20 Å². The first kappa shape index (κ1) is 21.2. The van der Waals surface area contributed by atoms with Crippen molar-refractivity contribution in [2.24, 2.45) is 0 Å². The highest BCUT2D eigenvalue weighted by molar-refractivity contribution is 5.77. The van der Waals surface area contributed by atoms with Gasteiger partial charge in [-0.25, -0.2) is 4.98 Å². The van der Waals surface area contributed by atoms with E-state index in [0.29, 0.717) is 18.8 Å². The van der Waals surface area contributed by atoms with Crippen molar-refractivity contribution in [2.75, 3.05) is 30.8 Å². The molecule has 0 spiro atoms. The fraction of sp³-hybridized carbons (Fsp3) is 0.318. The van der Waals surface area contributed by atoms with Gasteiger partial charge >= 0.3 is 0 Å². The highest BCUT2D eigenvalue weighted by atomic mass is 16.5. The number of benzene rings is 1. The van der Waals surface area contributed by atoms with Crippen LogP contribution >= 0.6 is 0 Å². The smallest absolute Gasteiger partial charge is 0.257 e. The predicted octanol–water partition coefficient (Wildman–Crippen LogP) is 3.52. The first-order chi connectivity index (χ1) is 14.5. The summed E-state index contributed by atoms with van der Waals surface area (Å²) in [6, 6.07) is 9.68. The molecule has 8 nitrogen and oxygen atoms in total. The van der Waals surface area contributed by atoms with Crippen LogP contribution in [0.15, 0.2) is 41.1 Å². The number of hydrogen-bond donors (Lipinski definition) is 3. The van der Waals surface area contributed by atoms with Crippen LogP contribution in [0.1, 0.15) is 23.9 Å². The molecule has 3 rings (SSSR count). The third-order valence-electron chi connectivity index (χ3n) is 4.57. The molecule has 30 heavy (non-hydrogen) atoms. The number of ether oxygens (including phenoxy) is 1. The van der Waals surface area contributed by atoms with E-state index in [2.05, 4.69) is 26.1 Å². The van der Waals surface area contributed by atoms with E-state index in [9.17, 15) is 4.79 Å². The van der Waals surface area contributed by atoms with Gasteiger partial charge in [0, 0.05) is 37.5 Å². The fourth-order valence-electron chi connectivity index (χ4n) is 3.17. The van der Waals surface area contributed by atoms with E-state index in [-0.39, 0.29) is 12.5 Å². The lowest BCUT2D eigenvalue weighted by Crippen LogP contribution is -2.28. The topological polar surface area (TPSA) is 101 Å². The van der Waals surface area contributed by atoms with Crippen molar-refractivity contribution in [3.8, 4) is 16.9 Å². The first-order valence-corrected chi connectivity index (χ1v) is 9.85. The Morgan fingerprint density at radius 1 is 1.23 bits per heavy atom. The molecule has 0 saturated heterocycles. The van der Waals surface area contributed by atoms with Gasteiger partial charge in [-0.2, -0.15) is 0 Å². The van der Waals surface area contributed by atoms with Crippen molar-refractivity contribution in [2.45, 2.75) is 27.3 Å². The Balaban J connectivity index is 1.73. The van der Waals surface area contributed by atoms with Crippen LogP contribution in [-0.2, 0) is 11.3 Å². The molecule has 0 saturated carbocycles. The standard InChI is InChI=1S/C22H27N5O3/c1-5-24-20(28)13-29-18-8-6-7-16(9-18)11-25-19-10-17(12-26-22(19)23-4)21-14(2)27-30-15(21)3/h6-10,12,25H,5,11,13H2,1-4H3,(H,23,26)(H,24,28). The minimum Gasteiger partial charge on any atom is -0.484 e. The average Bonchev–Trinajstić information content (AvgIpc) is 3.09. The molecule has 1 amide bonds. The monoisotopic (exact) mass is 409 g/mol. The summed E-state index contributed by atoms with van der Waals surface area (Å²) in [7, 11) is 1.83. The lowest BCUT2D eigenvalue weighted by molar-refractivity contribution is -0.122. The molecule has 8 heteroatoms. The van der Waals surface area contributed by atoms with Crippen LogP contribution in [0.5, 0.6) is 5.75 Å². The van der Waals surface area contributed by atoms with Crippen molar-refractivity contribution in [3.63, 3.8) is 0 Å². The number of anilines is 2. The molecule has 0 unspecified atom stereocenters. The molecule has 2 heterocycles. The summed E-state index contributed by atoms with van der Waals surface area (Å²) in [6.07, 6.45) is 1.80. The number of aryl methyl sites for hydroxylation is 2. The second kappa shape index (κ2) is 9.78. The van der Waals surface area contributed by atoms with Gasteiger partial charge in [0.1, 0.15) is 17.3 Å². The molecule has 0 aliphatic heterocycles. The van der Waals surface area contributed by atoms with Gasteiger partial charge in [-0.3, -0.25) is 4.79 Å². The van der Waals surface area contributed by atoms with Crippen molar-refractivity contribution in [1.29, 1.82) is 0 Å². The molecule has 3 N–H and O–H groups in total. The minimum atomic E-state index is -0.137. The van der Waals surface area contributed by atoms with Crippen LogP contribution in [0.3, 0.4) is 0 Å². The summed E-state index contributed by atoms with van der Waals surface area (Å²) in [6.45, 7) is 6.83. The van der Waals surface area contributed by atoms with E-state index in [1.807, 2.05) is 58.2 Å². The number of nitrogens with one attached hydrogen (secondary N) is 3. The van der Waals surface area contributed by atoms with Crippen molar-refractivity contribution < 1.29 is 14.1 Å². The van der Waals surface area contributed by atoms with Crippen LogP contribution < -0.4 is 20.7 Å². The van der Waals surface area contributed by atoms with Gasteiger partial charge in [0.2, 0.25) is 0 Å². The summed E-state index contributed by atoms with van der Waals surface area (Å²) < 4.78 is 10.9. The quantitative estimate of drug-likeness (QED) is 0.497. The third kappa shape index (κ3) is 5.08. The summed E-state index contributed by atoms with van der Waals surface area (Å²) in [4.78, 5) is 16.1. The van der Waals surface area contributed by atoms with Crippen LogP contribution in [-0.4, -0.2) is 36.2 Å². The number of likely N-dealkylation sites (N-methyl/N-ethyl adjacent to an activating group) is 1. The Morgan fingerprint density at radius 3 is 2.77 bits per heavy atom. The van der Waals surface area contributed by atoms with Crippen molar-refractivity contribution in [3.05, 3.63) is 53.5 Å². The van der Waals surface area contributed by atoms with E-state index in [0.717, 1.165) is 39.6 Å². The van der Waals surface area contributed by atoms with Crippen LogP contribution in [0.2, 0.25) is 0 Å². The molecular weight excluding hydrogens is 382 g/mol. The molecule has 0 aliphatic rings. The van der Waals surface area contributed by atoms with E-state index in [1.165, 1.54) is 0 Å². The van der Waals surface area contributed by atoms with Gasteiger partial charge in [-0.15, -0.1) is 0 Å². The molecule has 1 aromatic carbocycles. The summed E-state index contributed by atoms with van der Waals surface area (Å²) in [5.41, 5.74) is 4.60. The fourth-order valence-corrected chi connectivity index (χ4v) is 3.17. The summed E-state index contributed by atoms with van der Waals surface area (Å²) in [5.74, 6) is 2.02. The van der Waals surface area contributed by atoms with Gasteiger partial charge in [0.05, 0.1) is 11.4 Å². The number of hydrogen-bond acceptors (Lipinski definition) is 7. The zero-order valence-corrected chi connectivity index (χ0v) is 17.7. The molecule has 0 fully saturated rings. The van der Waals surface area contributed by atoms with Crippen LogP contribution in [0.4, 0.5) is 11.5 Å². The number of nitrogens with zero attached hydrogens (tertiary/aromatic N) is 2. The highest BCUT2D eigenvalue weighted by Gasteiger charge is 2.14. The maximum atomic E-state index is 11.6. The molecule has 2 aromatic heterocycles. The zero-order valence-electron chi connectivity index (χ0n) is 17.7. The number of aromatic nitrogens is 2. The molecule has 3 aromatic rings. The second-order valence-corrected chi connectivity index (χ2v) is 6.81. The Bertz CT molecular complexity index is 996. The zero-order chi connectivity index (χ0) is 21.5. The summed E-state index contributed by atoms with van der Waals surface area (Å²) >= 11 is 0. The third-order valence-corrected chi connectivity index (χ3v) is 4.57. The van der Waals surface area contributed by atoms with E-state index in [4.69, 9.17) is 9.26 Å². The number of pyridine rings is 1. The second-order valence-electron chi connectivity index (χ2n) is 6.81. The number of amides is 1. The molecule has 0 aliphatic carbocycles. The highest BCUT2D eigenvalue weighted by Crippen LogP contribution is 2.31. The number of carbonyl (C=O) groups excluding carboxylic acids is 1. The Kier molecular flexibility index (Phi) is 6.90. The van der Waals surface area contributed by atoms with Crippen molar-refractivity contribution in [1.82, 2.24) is 15.5 Å². The molecule has 0 atom stereocenters. The van der Waals surface area contributed by atoms with Gasteiger partial charge in [-0.05, 0) is 44.5 Å². The first-order valence-electron chi connectivity index (χ1n) is 9.85. The average molecular weight is 409 g/mol. The summed E-state index contributed by atoms with van der Waals surface area (Å²) in [5, 5.41) is 13.3. The Labute approximate surface area is 176 Å². The molecule has 0 bridgehead atoms. The molecule has 158 valence electrons. The van der Waals surface area contributed by atoms with Gasteiger partial charge in [0.25, 0.3) is 5.91 Å². The Hall–Kier alpha value is -3.55. The normalized spacial score (nSPS) is 10.5. The minimum absolute atomic E-state index is 0.00196. The SMILES string of the molecule is CCNC(=O)COc1cccc(CNc2cc(-c3c(C)noc3C)cnc2NC)c1. The van der Waals surface area contributed by atoms with Crippen molar-refractivity contribution >= 4 is 17.4 Å². The molecule has 0 radical (unpaired) electrons. The molecular formula is C22H27N5O3. The Morgan fingerprint density at radius 2 is 2.07 bits per heavy atom. The lowest BCUT2D eigenvalue weighted by atomic mass is 10.1. The number of carbonyl (C=O) groups is 1. The maximum absolute atomic E-state index is 11.6. The number of rotatable bonds is 9. The van der Waals surface area contributed by atoms with E-state index >= 15 is 0 Å². The largest absolute Gasteiger partial charge is 0.484 e. The van der Waals surface area contributed by atoms with Gasteiger partial charge in [-0.1, -0.05) is 17.3 Å². The van der Waals surface area contributed by atoms with Gasteiger partial charge in [0.15, 0.2) is 6.61 Å². The van der Waals surface area contributed by atoms with Crippen LogP contribution in [0.25, 0.3) is 11.1 Å². The lowest BCUT2D eigenvalue weighted by Gasteiger charge is -2.13. The maximum Gasteiger partial charge on any atom is 0.257 e. The van der Waals surface area contributed by atoms with Gasteiger partial charge < -0.3 is 25.2 Å². The van der Waals surface area contributed by atoms with Crippen LogP contribution in [0, 0.1) is 13.8 Å². The predicted molar refractivity (Wildman–Crippen MR) is 117 cm³/mol. The van der Waals surface area contributed by atoms with E-state index < -0.39 is 0 Å².